The summed E-state index contributed by atoms with van der Waals surface area (Å²) in [7, 11) is 1.60. The topological polar surface area (TPSA) is 230 Å². The molecule has 1 aromatic carbocycles. The van der Waals surface area contributed by atoms with E-state index < -0.39 is 35.9 Å². The van der Waals surface area contributed by atoms with Crippen LogP contribution in [0.1, 0.15) is 49.0 Å². The van der Waals surface area contributed by atoms with Crippen molar-refractivity contribution in [3.63, 3.8) is 0 Å². The summed E-state index contributed by atoms with van der Waals surface area (Å²) in [4.78, 5) is 45.6. The Bertz CT molecular complexity index is 1210. The number of nitrogens with two attached hydrogens (primary N) is 1. The Kier molecular flexibility index (Phi) is 9.61. The third kappa shape index (κ3) is 6.76. The van der Waals surface area contributed by atoms with Crippen molar-refractivity contribution in [3.8, 4) is 5.75 Å². The zero-order chi connectivity index (χ0) is 26.7. The number of nitrogens with zero attached hydrogens (tertiary/aromatic N) is 2. The molecule has 37 heavy (non-hydrogen) atoms. The SMILES string of the molecule is COc1c(N2C[C@@H](C)C[C@H](N)C2)ccc2c(=O)c(C(=O)O)cn(C3CC3)c12.O.O=C([O-])CC(O)C(=O)[O-]. The fourth-order valence-electron chi connectivity index (χ4n) is 4.49. The highest BCUT2D eigenvalue weighted by Crippen LogP contribution is 2.43. The average Bonchev–Trinajstić information content (AvgIpc) is 3.63. The standard InChI is InChI=1S/C20H25N3O4.C4H6O5.H2O/c1-11-7-12(21)9-22(8-11)16-6-5-14-17(19(16)27-2)23(13-3-4-13)10-15(18(14)24)20(25)26;5-2(4(8)9)1-3(6)7;/h5-6,10-13H,3-4,7-9,21H2,1-2H3,(H,25,26);2,5H,1H2,(H,6,7)(H,8,9);1H2/p-2/t11-,12-;;/m0../s1. The molecule has 13 nitrogen and oxygen atoms in total. The van der Waals surface area contributed by atoms with Crippen LogP contribution < -0.4 is 31.0 Å². The van der Waals surface area contributed by atoms with Crippen molar-refractivity contribution in [3.05, 3.63) is 34.1 Å². The number of aliphatic hydroxyl groups is 1. The van der Waals surface area contributed by atoms with E-state index in [1.807, 2.05) is 10.6 Å². The Morgan fingerprint density at radius 3 is 2.32 bits per heavy atom. The Labute approximate surface area is 212 Å². The van der Waals surface area contributed by atoms with Gasteiger partial charge in [-0.1, -0.05) is 6.92 Å². The van der Waals surface area contributed by atoms with Gasteiger partial charge in [0.05, 0.1) is 35.8 Å². The molecule has 0 radical (unpaired) electrons. The highest BCUT2D eigenvalue weighted by atomic mass is 16.5. The van der Waals surface area contributed by atoms with E-state index in [1.165, 1.54) is 6.20 Å². The van der Waals surface area contributed by atoms with Crippen molar-refractivity contribution in [2.24, 2.45) is 11.7 Å². The number of aromatic nitrogens is 1. The van der Waals surface area contributed by atoms with Gasteiger partial charge in [-0.25, -0.2) is 4.79 Å². The van der Waals surface area contributed by atoms with E-state index in [9.17, 15) is 34.5 Å². The number of carboxylic acid groups (broad SMARTS) is 3. The third-order valence-electron chi connectivity index (χ3n) is 6.17. The van der Waals surface area contributed by atoms with E-state index in [1.54, 1.807) is 13.2 Å². The van der Waals surface area contributed by atoms with Gasteiger partial charge < -0.3 is 55.4 Å². The molecular formula is C24H31N3O10-2. The lowest BCUT2D eigenvalue weighted by Gasteiger charge is -2.37. The molecule has 6 N–H and O–H groups in total. The van der Waals surface area contributed by atoms with E-state index >= 15 is 0 Å². The first kappa shape index (κ1) is 29.5. The molecule has 0 amide bonds. The molecule has 2 aliphatic rings. The van der Waals surface area contributed by atoms with Gasteiger partial charge in [0.15, 0.2) is 5.75 Å². The van der Waals surface area contributed by atoms with Crippen LogP contribution in [0.2, 0.25) is 0 Å². The Balaban J connectivity index is 0.000000416. The average molecular weight is 522 g/mol. The Hall–Kier alpha value is -3.68. The Morgan fingerprint density at radius 1 is 1.22 bits per heavy atom. The molecule has 2 fully saturated rings. The minimum Gasteiger partial charge on any atom is -0.550 e. The Morgan fingerprint density at radius 2 is 1.86 bits per heavy atom. The molecule has 204 valence electrons. The van der Waals surface area contributed by atoms with Crippen molar-refractivity contribution < 1.29 is 45.0 Å². The van der Waals surface area contributed by atoms with Crippen LogP contribution >= 0.6 is 0 Å². The van der Waals surface area contributed by atoms with Crippen LogP contribution in [0.4, 0.5) is 5.69 Å². The third-order valence-corrected chi connectivity index (χ3v) is 6.17. The van der Waals surface area contributed by atoms with Gasteiger partial charge in [0, 0.05) is 43.8 Å². The van der Waals surface area contributed by atoms with E-state index in [0.29, 0.717) is 22.6 Å². The number of piperidine rings is 1. The molecule has 2 heterocycles. The number of aromatic carboxylic acids is 1. The number of hydrogen-bond donors (Lipinski definition) is 3. The smallest absolute Gasteiger partial charge is 0.341 e. The van der Waals surface area contributed by atoms with Crippen molar-refractivity contribution in [2.45, 2.75) is 50.8 Å². The first-order valence-corrected chi connectivity index (χ1v) is 11.5. The van der Waals surface area contributed by atoms with Crippen molar-refractivity contribution >= 4 is 34.5 Å². The van der Waals surface area contributed by atoms with Crippen molar-refractivity contribution in [2.75, 3.05) is 25.1 Å². The zero-order valence-electron chi connectivity index (χ0n) is 20.5. The van der Waals surface area contributed by atoms with Crippen LogP contribution in [-0.2, 0) is 9.59 Å². The molecular weight excluding hydrogens is 490 g/mol. The molecule has 1 unspecified atom stereocenters. The summed E-state index contributed by atoms with van der Waals surface area (Å²) >= 11 is 0. The number of carbonyl (C=O) groups is 3. The number of methoxy groups -OCH3 is 1. The fourth-order valence-corrected chi connectivity index (χ4v) is 4.49. The largest absolute Gasteiger partial charge is 0.550 e. The summed E-state index contributed by atoms with van der Waals surface area (Å²) in [6.45, 7) is 3.78. The fraction of sp³-hybridized carbons (Fsp3) is 0.500. The van der Waals surface area contributed by atoms with Crippen LogP contribution in [-0.4, -0.2) is 70.5 Å². The second-order valence-corrected chi connectivity index (χ2v) is 9.25. The van der Waals surface area contributed by atoms with Gasteiger partial charge in [0.1, 0.15) is 5.56 Å². The lowest BCUT2D eigenvalue weighted by molar-refractivity contribution is -0.323. The maximum Gasteiger partial charge on any atom is 0.341 e. The molecule has 4 rings (SSSR count). The minimum absolute atomic E-state index is 0. The number of ether oxygens (including phenoxy) is 1. The molecule has 1 saturated carbocycles. The number of fused-ring (bicyclic) bond motifs is 1. The maximum absolute atomic E-state index is 12.7. The van der Waals surface area contributed by atoms with Crippen LogP contribution in [0.15, 0.2) is 23.1 Å². The van der Waals surface area contributed by atoms with E-state index in [2.05, 4.69) is 11.8 Å². The molecule has 0 spiro atoms. The number of carbonyl (C=O) groups excluding carboxylic acids is 2. The van der Waals surface area contributed by atoms with E-state index in [-0.39, 0.29) is 23.1 Å². The quantitative estimate of drug-likeness (QED) is 0.348. The number of aliphatic carboxylic acids is 2. The number of pyridine rings is 1. The number of carboxylic acids is 3. The highest BCUT2D eigenvalue weighted by Gasteiger charge is 2.31. The van der Waals surface area contributed by atoms with Crippen LogP contribution in [0.5, 0.6) is 5.75 Å². The van der Waals surface area contributed by atoms with Gasteiger partial charge in [0.25, 0.3) is 0 Å². The van der Waals surface area contributed by atoms with Crippen molar-refractivity contribution in [1.29, 1.82) is 0 Å². The number of rotatable bonds is 7. The predicted molar refractivity (Wildman–Crippen MR) is 128 cm³/mol. The first-order valence-electron chi connectivity index (χ1n) is 11.5. The number of anilines is 1. The molecule has 0 bridgehead atoms. The monoisotopic (exact) mass is 521 g/mol. The zero-order valence-corrected chi connectivity index (χ0v) is 20.5. The minimum atomic E-state index is -1.96. The van der Waals surface area contributed by atoms with E-state index in [0.717, 1.165) is 38.0 Å². The summed E-state index contributed by atoms with van der Waals surface area (Å²) in [6, 6.07) is 3.88. The lowest BCUT2D eigenvalue weighted by atomic mass is 9.95. The lowest BCUT2D eigenvalue weighted by Crippen LogP contribution is -2.46. The summed E-state index contributed by atoms with van der Waals surface area (Å²) in [6.07, 6.45) is 1.51. The number of aliphatic hydroxyl groups excluding tert-OH is 1. The van der Waals surface area contributed by atoms with Crippen molar-refractivity contribution in [1.82, 2.24) is 4.57 Å². The van der Waals surface area contributed by atoms with Crippen LogP contribution in [0.25, 0.3) is 10.9 Å². The summed E-state index contributed by atoms with van der Waals surface area (Å²) < 4.78 is 7.68. The van der Waals surface area contributed by atoms with Gasteiger partial charge in [-0.2, -0.15) is 0 Å². The van der Waals surface area contributed by atoms with Gasteiger partial charge >= 0.3 is 5.97 Å². The molecule has 1 aliphatic heterocycles. The van der Waals surface area contributed by atoms with E-state index in [4.69, 9.17) is 15.6 Å². The maximum atomic E-state index is 12.7. The summed E-state index contributed by atoms with van der Waals surface area (Å²) in [5.41, 5.74) is 7.14. The van der Waals surface area contributed by atoms with Gasteiger partial charge in [-0.05, 0) is 37.3 Å². The second-order valence-electron chi connectivity index (χ2n) is 9.25. The second kappa shape index (κ2) is 12.0. The molecule has 1 saturated heterocycles. The normalized spacial score (nSPS) is 19.7. The molecule has 2 aromatic rings. The highest BCUT2D eigenvalue weighted by molar-refractivity contribution is 5.97. The first-order chi connectivity index (χ1) is 16.9. The number of benzene rings is 1. The molecule has 1 aliphatic carbocycles. The summed E-state index contributed by atoms with van der Waals surface area (Å²) in [5, 5.41) is 37.2. The number of hydrogen-bond acceptors (Lipinski definition) is 10. The summed E-state index contributed by atoms with van der Waals surface area (Å²) in [5.74, 6) is -3.54. The molecule has 13 heteroatoms. The van der Waals surface area contributed by atoms with Gasteiger partial charge in [-0.15, -0.1) is 0 Å². The van der Waals surface area contributed by atoms with Gasteiger partial charge in [-0.3, -0.25) is 4.79 Å². The van der Waals surface area contributed by atoms with Crippen LogP contribution in [0, 0.1) is 5.92 Å². The molecule has 3 atom stereocenters. The van der Waals surface area contributed by atoms with Gasteiger partial charge in [0.2, 0.25) is 5.43 Å². The molecule has 1 aromatic heterocycles. The predicted octanol–water partition coefficient (Wildman–Crippen LogP) is -2.37. The van der Waals surface area contributed by atoms with Crippen LogP contribution in [0.3, 0.4) is 0 Å².